The number of hydrogen-bond donors (Lipinski definition) is 0. The molecule has 0 aliphatic carbocycles. The summed E-state index contributed by atoms with van der Waals surface area (Å²) in [5.74, 6) is 0.115. The predicted molar refractivity (Wildman–Crippen MR) is 65.8 cm³/mol. The van der Waals surface area contributed by atoms with Gasteiger partial charge >= 0.3 is 0 Å². The van der Waals surface area contributed by atoms with Gasteiger partial charge in [-0.3, -0.25) is 4.79 Å². The van der Waals surface area contributed by atoms with E-state index in [-0.39, 0.29) is 5.91 Å². The third-order valence-corrected chi connectivity index (χ3v) is 7.96. The number of amides is 1. The van der Waals surface area contributed by atoms with Crippen LogP contribution in [0.15, 0.2) is 30.3 Å². The van der Waals surface area contributed by atoms with E-state index in [9.17, 15) is 4.79 Å². The summed E-state index contributed by atoms with van der Waals surface area (Å²) in [6.45, 7) is 0.433. The van der Waals surface area contributed by atoms with Crippen molar-refractivity contribution >= 4 is 29.4 Å². The first-order chi connectivity index (χ1) is 7.06. The lowest BCUT2D eigenvalue weighted by Crippen LogP contribution is -2.23. The molecule has 1 aliphatic heterocycles. The molecule has 3 nitrogen and oxygen atoms in total. The van der Waals surface area contributed by atoms with Gasteiger partial charge in [0.15, 0.2) is 0 Å². The number of carbonyl (C=O) groups is 1. The Morgan fingerprint density at radius 2 is 1.87 bits per heavy atom. The fraction of sp³-hybridized carbons (Fsp3) is 0.300. The number of carbonyl (C=O) groups excluding carboxylic acids is 1. The van der Waals surface area contributed by atoms with E-state index in [1.165, 1.54) is 0 Å². The van der Waals surface area contributed by atoms with Crippen molar-refractivity contribution in [1.29, 1.82) is 0 Å². The third-order valence-electron chi connectivity index (χ3n) is 2.69. The van der Waals surface area contributed by atoms with Gasteiger partial charge in [0.2, 0.25) is 5.91 Å². The Kier molecular flexibility index (Phi) is 2.67. The Morgan fingerprint density at radius 3 is 2.33 bits per heavy atom. The van der Waals surface area contributed by atoms with Crippen molar-refractivity contribution in [3.8, 4) is 0 Å². The number of likely N-dealkylation sites (N-methyl/N-ethyl adjacent to an activating group) is 2. The smallest absolute Gasteiger partial charge is 0.241 e. The average molecular weight is 240 g/mol. The van der Waals surface area contributed by atoms with Gasteiger partial charge in [0.25, 0.3) is 0 Å². The van der Waals surface area contributed by atoms with Gasteiger partial charge in [0.05, 0.1) is 6.54 Å². The molecule has 1 fully saturated rings. The minimum absolute atomic E-state index is 0.115. The summed E-state index contributed by atoms with van der Waals surface area (Å²) in [6, 6.07) is 9.91. The molecular weight excluding hydrogens is 227 g/mol. The van der Waals surface area contributed by atoms with Gasteiger partial charge in [-0.25, -0.2) is 4.67 Å². The minimum Gasteiger partial charge on any atom is -0.301 e. The second-order valence-electron chi connectivity index (χ2n) is 3.61. The highest BCUT2D eigenvalue weighted by Gasteiger charge is 2.40. The van der Waals surface area contributed by atoms with Crippen LogP contribution in [0.4, 0.5) is 0 Å². The van der Waals surface area contributed by atoms with Crippen LogP contribution in [0.25, 0.3) is 0 Å². The zero-order valence-electron chi connectivity index (χ0n) is 8.75. The second-order valence-corrected chi connectivity index (χ2v) is 8.03. The molecule has 0 radical (unpaired) electrons. The van der Waals surface area contributed by atoms with Gasteiger partial charge in [0, 0.05) is 12.4 Å². The van der Waals surface area contributed by atoms with Crippen LogP contribution in [0.1, 0.15) is 0 Å². The number of hydrogen-bond acceptors (Lipinski definition) is 2. The zero-order valence-corrected chi connectivity index (χ0v) is 10.5. The highest BCUT2D eigenvalue weighted by Crippen LogP contribution is 2.54. The fourth-order valence-corrected chi connectivity index (χ4v) is 5.02. The lowest BCUT2D eigenvalue weighted by atomic mass is 10.4. The summed E-state index contributed by atoms with van der Waals surface area (Å²) >= 11 is 5.70. The summed E-state index contributed by atoms with van der Waals surface area (Å²) in [4.78, 5) is 11.6. The van der Waals surface area contributed by atoms with Crippen molar-refractivity contribution in [3.05, 3.63) is 30.3 Å². The first-order valence-corrected chi connectivity index (χ1v) is 7.42. The van der Waals surface area contributed by atoms with Crippen molar-refractivity contribution in [2.45, 2.75) is 0 Å². The Bertz CT molecular complexity index is 434. The van der Waals surface area contributed by atoms with Crippen molar-refractivity contribution in [2.24, 2.45) is 0 Å². The summed E-state index contributed by atoms with van der Waals surface area (Å²) < 4.78 is 3.73. The van der Waals surface area contributed by atoms with E-state index in [1.54, 1.807) is 11.7 Å². The van der Waals surface area contributed by atoms with E-state index in [2.05, 4.69) is 0 Å². The van der Waals surface area contributed by atoms with E-state index in [0.717, 1.165) is 5.30 Å². The van der Waals surface area contributed by atoms with Crippen LogP contribution < -0.4 is 5.30 Å². The van der Waals surface area contributed by atoms with E-state index in [4.69, 9.17) is 11.8 Å². The molecule has 0 saturated carbocycles. The van der Waals surface area contributed by atoms with Gasteiger partial charge in [-0.2, -0.15) is 0 Å². The van der Waals surface area contributed by atoms with Crippen LogP contribution in [-0.2, 0) is 16.6 Å². The van der Waals surface area contributed by atoms with Crippen LogP contribution in [0.5, 0.6) is 0 Å². The first-order valence-electron chi connectivity index (χ1n) is 4.71. The van der Waals surface area contributed by atoms with Crippen molar-refractivity contribution < 1.29 is 4.79 Å². The molecule has 15 heavy (non-hydrogen) atoms. The Balaban J connectivity index is 2.51. The van der Waals surface area contributed by atoms with Crippen LogP contribution in [-0.4, -0.2) is 35.9 Å². The monoisotopic (exact) mass is 240 g/mol. The molecule has 1 amide bonds. The molecule has 0 aromatic heterocycles. The standard InChI is InChI=1S/C10H13N2OPS/c1-11-8-10(13)12(2)14(11,15)9-6-4-3-5-7-9/h3-7H,8H2,1-2H3. The summed E-state index contributed by atoms with van der Waals surface area (Å²) in [5, 5.41) is 1.08. The Labute approximate surface area is 94.8 Å². The highest BCUT2D eigenvalue weighted by molar-refractivity contribution is 8.16. The molecule has 1 atom stereocenters. The maximum Gasteiger partial charge on any atom is 0.241 e. The van der Waals surface area contributed by atoms with Gasteiger partial charge in [-0.1, -0.05) is 42.1 Å². The van der Waals surface area contributed by atoms with Crippen molar-refractivity contribution in [2.75, 3.05) is 20.6 Å². The molecule has 0 spiro atoms. The Hall–Kier alpha value is -0.700. The van der Waals surface area contributed by atoms with Gasteiger partial charge in [0.1, 0.15) is 6.34 Å². The van der Waals surface area contributed by atoms with E-state index in [0.29, 0.717) is 6.54 Å². The summed E-state index contributed by atoms with van der Waals surface area (Å²) in [7, 11) is 3.73. The minimum atomic E-state index is -2.01. The SMILES string of the molecule is CN1CC(=O)N(C)P1(=S)c1ccccc1. The van der Waals surface area contributed by atoms with Crippen LogP contribution in [0.2, 0.25) is 0 Å². The van der Waals surface area contributed by atoms with E-state index < -0.39 is 6.34 Å². The molecule has 1 saturated heterocycles. The normalized spacial score (nSPS) is 27.3. The molecule has 0 bridgehead atoms. The lowest BCUT2D eigenvalue weighted by Gasteiger charge is -2.29. The largest absolute Gasteiger partial charge is 0.301 e. The molecule has 1 aromatic carbocycles. The van der Waals surface area contributed by atoms with Crippen LogP contribution in [0, 0.1) is 0 Å². The first kappa shape index (κ1) is 10.8. The number of benzene rings is 1. The molecule has 1 aliphatic rings. The third kappa shape index (κ3) is 1.53. The molecule has 2 rings (SSSR count). The fourth-order valence-electron chi connectivity index (χ4n) is 1.77. The number of rotatable bonds is 1. The molecule has 5 heteroatoms. The molecule has 1 aromatic rings. The molecule has 1 unspecified atom stereocenters. The van der Waals surface area contributed by atoms with Crippen LogP contribution >= 0.6 is 6.34 Å². The van der Waals surface area contributed by atoms with Gasteiger partial charge in [-0.15, -0.1) is 0 Å². The molecular formula is C10H13N2OPS. The second kappa shape index (κ2) is 3.71. The summed E-state index contributed by atoms with van der Waals surface area (Å²) in [6.07, 6.45) is -2.01. The van der Waals surface area contributed by atoms with E-state index >= 15 is 0 Å². The Morgan fingerprint density at radius 1 is 1.27 bits per heavy atom. The molecule has 1 heterocycles. The molecule has 80 valence electrons. The van der Waals surface area contributed by atoms with Crippen LogP contribution in [0.3, 0.4) is 0 Å². The zero-order chi connectivity index (χ0) is 11.1. The average Bonchev–Trinajstić information content (AvgIpc) is 2.45. The molecule has 0 N–H and O–H groups in total. The maximum atomic E-state index is 11.6. The van der Waals surface area contributed by atoms with E-state index in [1.807, 2.05) is 42.0 Å². The maximum absolute atomic E-state index is 11.6. The number of nitrogens with zero attached hydrogens (tertiary/aromatic N) is 2. The lowest BCUT2D eigenvalue weighted by molar-refractivity contribution is -0.123. The van der Waals surface area contributed by atoms with Gasteiger partial charge < -0.3 is 4.67 Å². The summed E-state index contributed by atoms with van der Waals surface area (Å²) in [5.41, 5.74) is 0. The topological polar surface area (TPSA) is 23.6 Å². The van der Waals surface area contributed by atoms with Gasteiger partial charge in [-0.05, 0) is 7.05 Å². The highest BCUT2D eigenvalue weighted by atomic mass is 32.4. The van der Waals surface area contributed by atoms with Crippen molar-refractivity contribution in [1.82, 2.24) is 9.34 Å². The predicted octanol–water partition coefficient (Wildman–Crippen LogP) is 1.03. The van der Waals surface area contributed by atoms with Crippen molar-refractivity contribution in [3.63, 3.8) is 0 Å². The quantitative estimate of drug-likeness (QED) is 0.685.